The second kappa shape index (κ2) is 21.8. The minimum absolute atomic E-state index is 0.0200. The second-order valence-corrected chi connectivity index (χ2v) is 20.7. The van der Waals surface area contributed by atoms with Crippen molar-refractivity contribution >= 4 is 17.8 Å². The van der Waals surface area contributed by atoms with Gasteiger partial charge in [-0.15, -0.1) is 0 Å². The van der Waals surface area contributed by atoms with Crippen LogP contribution in [0.5, 0.6) is 0 Å². The van der Waals surface area contributed by atoms with Crippen molar-refractivity contribution in [1.29, 1.82) is 0 Å². The van der Waals surface area contributed by atoms with Crippen molar-refractivity contribution in [2.75, 3.05) is 26.3 Å². The van der Waals surface area contributed by atoms with Gasteiger partial charge in [0.1, 0.15) is 11.9 Å². The normalized spacial score (nSPS) is 27.6. The van der Waals surface area contributed by atoms with Gasteiger partial charge < -0.3 is 35.3 Å². The van der Waals surface area contributed by atoms with Gasteiger partial charge in [-0.25, -0.2) is 4.39 Å². The number of aliphatic imine (C=N–C) groups is 1. The van der Waals surface area contributed by atoms with E-state index >= 15 is 0 Å². The molecule has 4 aromatic carbocycles. The molecule has 77 heavy (non-hydrogen) atoms. The molecule has 9 rings (SSSR count). The number of nitrogens with two attached hydrogens (primary N) is 1. The molecule has 1 unspecified atom stereocenters. The third-order valence-corrected chi connectivity index (χ3v) is 15.4. The number of amides is 2. The third kappa shape index (κ3) is 12.9. The van der Waals surface area contributed by atoms with Crippen molar-refractivity contribution in [3.05, 3.63) is 141 Å². The maximum absolute atomic E-state index is 13.6. The van der Waals surface area contributed by atoms with Crippen LogP contribution in [0.15, 0.2) is 89.9 Å². The number of alkyl halides is 12. The van der Waals surface area contributed by atoms with Crippen molar-refractivity contribution in [1.82, 2.24) is 10.2 Å². The van der Waals surface area contributed by atoms with Crippen LogP contribution in [-0.2, 0) is 48.5 Å². The van der Waals surface area contributed by atoms with Crippen LogP contribution in [0.1, 0.15) is 120 Å². The molecular formula is C54H55F13N4O6. The minimum Gasteiger partial charge on any atom is -0.455 e. The maximum atomic E-state index is 13.6. The largest absolute Gasteiger partial charge is 0.455 e. The summed E-state index contributed by atoms with van der Waals surface area (Å²) >= 11 is 0. The Kier molecular flexibility index (Phi) is 16.3. The van der Waals surface area contributed by atoms with Gasteiger partial charge in [-0.2, -0.15) is 57.7 Å². The van der Waals surface area contributed by atoms with Crippen molar-refractivity contribution < 1.29 is 86.0 Å². The summed E-state index contributed by atoms with van der Waals surface area (Å²) in [6.45, 7) is 5.10. The highest BCUT2D eigenvalue weighted by atomic mass is 19.4. The lowest BCUT2D eigenvalue weighted by Crippen LogP contribution is -2.43. The molecule has 23 heteroatoms. The fourth-order valence-electron chi connectivity index (χ4n) is 11.7. The zero-order valence-electron chi connectivity index (χ0n) is 41.6. The van der Waals surface area contributed by atoms with E-state index < -0.39 is 101 Å². The Balaban J connectivity index is 0.000000204. The van der Waals surface area contributed by atoms with Crippen LogP contribution in [0, 0.1) is 30.5 Å². The molecule has 0 aromatic heterocycles. The quantitative estimate of drug-likeness (QED) is 0.134. The van der Waals surface area contributed by atoms with Gasteiger partial charge in [0.2, 0.25) is 5.91 Å². The summed E-state index contributed by atoms with van der Waals surface area (Å²) in [5.74, 6) is -1.83. The van der Waals surface area contributed by atoms with E-state index in [9.17, 15) is 71.8 Å². The van der Waals surface area contributed by atoms with E-state index in [1.54, 1.807) is 19.1 Å². The standard InChI is InChI=1S/C28H28F6N2O4.C26H27F7N2O2/c1-15-4-2-3-5-20(15)25-21-12-36(26-35-24(38)14-39-26)11-16(21)6-7-22(25)40-23(13-37)17-8-18(27(29,30)31)10-19(9-17)28(32,33)34;1-13(15-9-16(25(28,29)30)11-17(10-15)26(31,32)33)37-21-8-7-19(20-12-24(2,34)23(36)35-20)22(21)14-3-5-18(27)6-4-14/h2-5,8-10,16,21-23,25,37H,6-7,11-14H2,1H3;3-6,9-11,13,19-22H,7-8,12,34H2,1-2H3,(H,35,36)/t16-,21-,22+,23-,25+;13-,19+,20-,21+,22+,24?/m11/s1. The molecule has 0 radical (unpaired) electrons. The SMILES string of the molecule is C[C@@H](O[C@H]1CC[C@@H]([C@H]2CC(C)(N)C(=O)N2)[C@@H]1c1ccc(F)cc1)c1cc(C(F)(F)F)cc(C(F)(F)F)c1.Cc1ccccc1[C@H]1[C@@H]2CN(C3=NC(=O)CO3)C[C@H]2CC[C@@H]1O[C@H](CO)c1cc(C(F)(F)F)cc(C(F)(F)F)c1. The fourth-order valence-corrected chi connectivity index (χ4v) is 11.7. The molecule has 0 spiro atoms. The van der Waals surface area contributed by atoms with Crippen LogP contribution in [0.3, 0.4) is 0 Å². The number of nitrogens with zero attached hydrogens (tertiary/aromatic N) is 2. The van der Waals surface area contributed by atoms with Crippen LogP contribution >= 0.6 is 0 Å². The number of rotatable bonds is 10. The first kappa shape index (κ1) is 57.4. The van der Waals surface area contributed by atoms with E-state index in [2.05, 4.69) is 10.3 Å². The van der Waals surface area contributed by atoms with E-state index in [0.29, 0.717) is 75.0 Å². The molecule has 4 fully saturated rings. The number of carbonyl (C=O) groups excluding carboxylic acids is 2. The van der Waals surface area contributed by atoms with Crippen molar-refractivity contribution in [2.24, 2.45) is 28.5 Å². The molecule has 2 amide bonds. The van der Waals surface area contributed by atoms with Crippen LogP contribution in [0.4, 0.5) is 57.1 Å². The molecule has 11 atom stereocenters. The number of hydrogen-bond acceptors (Lipinski definition) is 8. The van der Waals surface area contributed by atoms with Crippen molar-refractivity contribution in [2.45, 2.75) is 125 Å². The Labute approximate surface area is 434 Å². The zero-order chi connectivity index (χ0) is 56.2. The summed E-state index contributed by atoms with van der Waals surface area (Å²) in [4.78, 5) is 29.8. The van der Waals surface area contributed by atoms with Gasteiger partial charge in [-0.3, -0.25) is 9.59 Å². The lowest BCUT2D eigenvalue weighted by atomic mass is 9.68. The molecule has 10 nitrogen and oxygen atoms in total. The van der Waals surface area contributed by atoms with Gasteiger partial charge in [0, 0.05) is 31.0 Å². The molecule has 418 valence electrons. The summed E-state index contributed by atoms with van der Waals surface area (Å²) in [5.41, 5.74) is 1.23. The molecule has 2 aliphatic carbocycles. The molecule has 4 aromatic rings. The first-order chi connectivity index (χ1) is 35.9. The Morgan fingerprint density at radius 1 is 0.740 bits per heavy atom. The number of aryl methyl sites for hydroxylation is 1. The predicted octanol–water partition coefficient (Wildman–Crippen LogP) is 11.6. The number of aliphatic hydroxyl groups excluding tert-OH is 1. The lowest BCUT2D eigenvalue weighted by Gasteiger charge is -2.41. The van der Waals surface area contributed by atoms with Gasteiger partial charge in [0.15, 0.2) is 6.61 Å². The molecule has 2 saturated heterocycles. The van der Waals surface area contributed by atoms with Gasteiger partial charge in [0.25, 0.3) is 11.9 Å². The summed E-state index contributed by atoms with van der Waals surface area (Å²) in [5, 5.41) is 13.1. The Hall–Kier alpha value is -5.78. The summed E-state index contributed by atoms with van der Waals surface area (Å²) < 4.78 is 193. The second-order valence-electron chi connectivity index (χ2n) is 20.7. The fraction of sp³-hybridized carbons (Fsp3) is 0.500. The van der Waals surface area contributed by atoms with Gasteiger partial charge in [-0.05, 0) is 147 Å². The molecular weight excluding hydrogens is 1050 g/mol. The number of hydrogen-bond donors (Lipinski definition) is 3. The van der Waals surface area contributed by atoms with Crippen LogP contribution in [-0.4, -0.2) is 77.9 Å². The number of benzene rings is 4. The van der Waals surface area contributed by atoms with Crippen molar-refractivity contribution in [3.8, 4) is 0 Å². The molecule has 3 heterocycles. The van der Waals surface area contributed by atoms with Gasteiger partial charge >= 0.3 is 24.7 Å². The van der Waals surface area contributed by atoms with Crippen LogP contribution in [0.2, 0.25) is 0 Å². The predicted molar refractivity (Wildman–Crippen MR) is 252 cm³/mol. The number of nitrogens with one attached hydrogen (secondary N) is 1. The number of likely N-dealkylation sites (tertiary alicyclic amines) is 1. The van der Waals surface area contributed by atoms with Crippen molar-refractivity contribution in [3.63, 3.8) is 0 Å². The number of halogens is 13. The van der Waals surface area contributed by atoms with Crippen LogP contribution < -0.4 is 11.1 Å². The van der Waals surface area contributed by atoms with E-state index in [4.69, 9.17) is 19.9 Å². The highest BCUT2D eigenvalue weighted by molar-refractivity contribution is 5.96. The Morgan fingerprint density at radius 3 is 1.79 bits per heavy atom. The smallest absolute Gasteiger partial charge is 0.416 e. The topological polar surface area (TPSA) is 136 Å². The summed E-state index contributed by atoms with van der Waals surface area (Å²) in [6.07, 6.45) is -21.2. The van der Waals surface area contributed by atoms with Gasteiger partial charge in [-0.1, -0.05) is 36.4 Å². The monoisotopic (exact) mass is 1100 g/mol. The number of fused-ring (bicyclic) bond motifs is 1. The van der Waals surface area contributed by atoms with Gasteiger partial charge in [0.05, 0.1) is 52.7 Å². The molecule has 4 N–H and O–H groups in total. The molecule has 0 bridgehead atoms. The highest BCUT2D eigenvalue weighted by Crippen LogP contribution is 2.51. The maximum Gasteiger partial charge on any atom is 0.416 e. The van der Waals surface area contributed by atoms with E-state index in [-0.39, 0.29) is 71.9 Å². The first-order valence-electron chi connectivity index (χ1n) is 24.8. The molecule has 2 saturated carbocycles. The van der Waals surface area contributed by atoms with E-state index in [1.165, 1.54) is 19.1 Å². The van der Waals surface area contributed by atoms with E-state index in [0.717, 1.165) is 11.1 Å². The minimum atomic E-state index is -5.02. The Morgan fingerprint density at radius 2 is 1.29 bits per heavy atom. The molecule has 5 aliphatic rings. The number of aliphatic hydroxyl groups is 1. The Bertz CT molecular complexity index is 2750. The highest BCUT2D eigenvalue weighted by Gasteiger charge is 2.51. The zero-order valence-corrected chi connectivity index (χ0v) is 41.6. The number of carbonyl (C=O) groups is 2. The number of amidine groups is 1. The van der Waals surface area contributed by atoms with E-state index in [1.807, 2.05) is 36.1 Å². The third-order valence-electron chi connectivity index (χ3n) is 15.4. The van der Waals surface area contributed by atoms with Crippen LogP contribution in [0.25, 0.3) is 0 Å². The number of ether oxygens (including phenoxy) is 3. The summed E-state index contributed by atoms with van der Waals surface area (Å²) in [7, 11) is 0. The summed E-state index contributed by atoms with van der Waals surface area (Å²) in [6, 6.07) is 15.9. The lowest BCUT2D eigenvalue weighted by molar-refractivity contribution is -0.145. The molecule has 3 aliphatic heterocycles. The average molecular weight is 1100 g/mol. The average Bonchev–Trinajstić information content (AvgIpc) is 4.20. The first-order valence-corrected chi connectivity index (χ1v) is 24.8.